The lowest BCUT2D eigenvalue weighted by atomic mass is 9.74. The molecule has 2 heterocycles. The Bertz CT molecular complexity index is 260. The van der Waals surface area contributed by atoms with Crippen molar-refractivity contribution in [1.29, 1.82) is 0 Å². The van der Waals surface area contributed by atoms with E-state index in [0.29, 0.717) is 6.10 Å². The van der Waals surface area contributed by atoms with Crippen LogP contribution in [0.15, 0.2) is 0 Å². The molecule has 0 radical (unpaired) electrons. The Hall–Kier alpha value is 0.310. The maximum atomic E-state index is 6.48. The molecule has 0 aromatic carbocycles. The van der Waals surface area contributed by atoms with Gasteiger partial charge in [-0.05, 0) is 43.8 Å². The van der Waals surface area contributed by atoms with Gasteiger partial charge in [-0.2, -0.15) is 11.8 Å². The minimum Gasteiger partial charge on any atom is -0.371 e. The SMILES string of the molecule is CC(C)CC1C2SCCC1(CC(C)C)OC2C. The molecule has 2 aliphatic rings. The molecule has 0 amide bonds. The van der Waals surface area contributed by atoms with Gasteiger partial charge in [-0.15, -0.1) is 0 Å². The second-order valence-corrected chi connectivity index (χ2v) is 8.09. The predicted octanol–water partition coefficient (Wildman–Crippen LogP) is 4.36. The lowest BCUT2D eigenvalue weighted by Crippen LogP contribution is -2.43. The molecule has 2 aliphatic heterocycles. The summed E-state index contributed by atoms with van der Waals surface area (Å²) in [5.41, 5.74) is 0.216. The first-order valence-electron chi connectivity index (χ1n) is 7.24. The van der Waals surface area contributed by atoms with E-state index in [4.69, 9.17) is 4.74 Å². The fourth-order valence-corrected chi connectivity index (χ4v) is 5.52. The van der Waals surface area contributed by atoms with Crippen molar-refractivity contribution >= 4 is 11.8 Å². The van der Waals surface area contributed by atoms with Crippen LogP contribution in [0.1, 0.15) is 53.9 Å². The van der Waals surface area contributed by atoms with Crippen molar-refractivity contribution in [3.63, 3.8) is 0 Å². The third kappa shape index (κ3) is 2.68. The summed E-state index contributed by atoms with van der Waals surface area (Å²) < 4.78 is 6.48. The molecule has 100 valence electrons. The summed E-state index contributed by atoms with van der Waals surface area (Å²) in [6.45, 7) is 11.7. The van der Waals surface area contributed by atoms with Gasteiger partial charge in [0.2, 0.25) is 0 Å². The first-order valence-corrected chi connectivity index (χ1v) is 8.29. The summed E-state index contributed by atoms with van der Waals surface area (Å²) in [6.07, 6.45) is 4.33. The van der Waals surface area contributed by atoms with Gasteiger partial charge in [0.05, 0.1) is 11.7 Å². The standard InChI is InChI=1S/C15H28OS/c1-10(2)8-13-14-12(5)16-15(13,6-7-17-14)9-11(3)4/h10-14H,6-9H2,1-5H3. The molecule has 0 saturated carbocycles. The Balaban J connectivity index is 2.19. The van der Waals surface area contributed by atoms with Crippen LogP contribution in [0.4, 0.5) is 0 Å². The van der Waals surface area contributed by atoms with Gasteiger partial charge in [-0.3, -0.25) is 0 Å². The zero-order chi connectivity index (χ0) is 12.6. The lowest BCUT2D eigenvalue weighted by Gasteiger charge is -2.41. The smallest absolute Gasteiger partial charge is 0.0736 e. The first kappa shape index (κ1) is 13.7. The van der Waals surface area contributed by atoms with Crippen LogP contribution in [0.25, 0.3) is 0 Å². The summed E-state index contributed by atoms with van der Waals surface area (Å²) in [7, 11) is 0. The van der Waals surface area contributed by atoms with Gasteiger partial charge in [0.1, 0.15) is 0 Å². The molecule has 0 spiro atoms. The highest BCUT2D eigenvalue weighted by molar-refractivity contribution is 8.00. The van der Waals surface area contributed by atoms with E-state index in [-0.39, 0.29) is 5.60 Å². The maximum absolute atomic E-state index is 6.48. The Morgan fingerprint density at radius 1 is 1.24 bits per heavy atom. The zero-order valence-electron chi connectivity index (χ0n) is 12.0. The van der Waals surface area contributed by atoms with E-state index in [1.165, 1.54) is 25.0 Å². The third-order valence-electron chi connectivity index (χ3n) is 4.27. The van der Waals surface area contributed by atoms with Gasteiger partial charge in [0, 0.05) is 11.2 Å². The van der Waals surface area contributed by atoms with E-state index in [2.05, 4.69) is 46.4 Å². The monoisotopic (exact) mass is 256 g/mol. The third-order valence-corrected chi connectivity index (χ3v) is 5.81. The minimum absolute atomic E-state index is 0.216. The second-order valence-electron chi connectivity index (χ2n) is 6.81. The van der Waals surface area contributed by atoms with Crippen LogP contribution < -0.4 is 0 Å². The molecule has 2 saturated heterocycles. The van der Waals surface area contributed by atoms with E-state index in [0.717, 1.165) is 23.0 Å². The molecule has 4 atom stereocenters. The number of hydrogen-bond acceptors (Lipinski definition) is 2. The van der Waals surface area contributed by atoms with Crippen molar-refractivity contribution in [2.75, 3.05) is 5.75 Å². The molecule has 4 unspecified atom stereocenters. The Labute approximate surface area is 111 Å². The normalized spacial score (nSPS) is 41.5. The van der Waals surface area contributed by atoms with Crippen molar-refractivity contribution in [2.24, 2.45) is 17.8 Å². The Kier molecular flexibility index (Phi) is 4.14. The van der Waals surface area contributed by atoms with E-state index in [1.54, 1.807) is 0 Å². The second kappa shape index (κ2) is 5.13. The zero-order valence-corrected chi connectivity index (χ0v) is 12.8. The van der Waals surface area contributed by atoms with Crippen LogP contribution in [0, 0.1) is 17.8 Å². The molecule has 2 bridgehead atoms. The predicted molar refractivity (Wildman–Crippen MR) is 76.5 cm³/mol. The van der Waals surface area contributed by atoms with Gasteiger partial charge in [-0.25, -0.2) is 0 Å². The maximum Gasteiger partial charge on any atom is 0.0736 e. The Morgan fingerprint density at radius 3 is 2.53 bits per heavy atom. The van der Waals surface area contributed by atoms with Crippen molar-refractivity contribution in [3.8, 4) is 0 Å². The van der Waals surface area contributed by atoms with Crippen LogP contribution in [0.5, 0.6) is 0 Å². The van der Waals surface area contributed by atoms with Gasteiger partial charge in [0.25, 0.3) is 0 Å². The molecule has 0 aromatic heterocycles. The van der Waals surface area contributed by atoms with Crippen molar-refractivity contribution in [3.05, 3.63) is 0 Å². The van der Waals surface area contributed by atoms with Crippen LogP contribution in [0.2, 0.25) is 0 Å². The lowest BCUT2D eigenvalue weighted by molar-refractivity contribution is -0.0702. The highest BCUT2D eigenvalue weighted by Gasteiger charge is 2.55. The van der Waals surface area contributed by atoms with E-state index in [9.17, 15) is 0 Å². The highest BCUT2D eigenvalue weighted by Crippen LogP contribution is 2.54. The van der Waals surface area contributed by atoms with Crippen molar-refractivity contribution < 1.29 is 4.74 Å². The van der Waals surface area contributed by atoms with Crippen LogP contribution >= 0.6 is 11.8 Å². The van der Waals surface area contributed by atoms with Crippen molar-refractivity contribution in [1.82, 2.24) is 0 Å². The number of thioether (sulfide) groups is 1. The average molecular weight is 256 g/mol. The molecule has 1 nitrogen and oxygen atoms in total. The van der Waals surface area contributed by atoms with Crippen LogP contribution in [-0.2, 0) is 4.74 Å². The van der Waals surface area contributed by atoms with Crippen LogP contribution in [0.3, 0.4) is 0 Å². The van der Waals surface area contributed by atoms with Gasteiger partial charge in [-0.1, -0.05) is 27.7 Å². The largest absolute Gasteiger partial charge is 0.371 e. The fourth-order valence-electron chi connectivity index (χ4n) is 3.86. The molecular formula is C15H28OS. The summed E-state index contributed by atoms with van der Waals surface area (Å²) in [6, 6.07) is 0. The molecule has 2 fully saturated rings. The summed E-state index contributed by atoms with van der Waals surface area (Å²) in [4.78, 5) is 0. The van der Waals surface area contributed by atoms with Crippen molar-refractivity contribution in [2.45, 2.75) is 70.8 Å². The Morgan fingerprint density at radius 2 is 1.94 bits per heavy atom. The van der Waals surface area contributed by atoms with E-state index >= 15 is 0 Å². The average Bonchev–Trinajstić information content (AvgIpc) is 2.35. The van der Waals surface area contributed by atoms with Gasteiger partial charge >= 0.3 is 0 Å². The number of ether oxygens (including phenoxy) is 1. The van der Waals surface area contributed by atoms with Gasteiger partial charge in [0.15, 0.2) is 0 Å². The molecular weight excluding hydrogens is 228 g/mol. The minimum atomic E-state index is 0.216. The van der Waals surface area contributed by atoms with Crippen LogP contribution in [-0.4, -0.2) is 22.7 Å². The molecule has 2 heteroatoms. The summed E-state index contributed by atoms with van der Waals surface area (Å²) >= 11 is 2.16. The molecule has 0 aliphatic carbocycles. The molecule has 2 rings (SSSR count). The highest BCUT2D eigenvalue weighted by atomic mass is 32.2. The van der Waals surface area contributed by atoms with E-state index < -0.39 is 0 Å². The molecule has 0 N–H and O–H groups in total. The topological polar surface area (TPSA) is 9.23 Å². The fraction of sp³-hybridized carbons (Fsp3) is 1.00. The van der Waals surface area contributed by atoms with Gasteiger partial charge < -0.3 is 4.74 Å². The number of rotatable bonds is 4. The molecule has 17 heavy (non-hydrogen) atoms. The first-order chi connectivity index (χ1) is 7.94. The summed E-state index contributed by atoms with van der Waals surface area (Å²) in [5.74, 6) is 3.63. The molecule has 0 aromatic rings. The quantitative estimate of drug-likeness (QED) is 0.739. The number of hydrogen-bond donors (Lipinski definition) is 0. The van der Waals surface area contributed by atoms with E-state index in [1.807, 2.05) is 0 Å². The summed E-state index contributed by atoms with van der Waals surface area (Å²) in [5, 5.41) is 0.755. The number of fused-ring (bicyclic) bond motifs is 2.